The van der Waals surface area contributed by atoms with Gasteiger partial charge in [0.05, 0.1) is 41.0 Å². The maximum Gasteiger partial charge on any atom is 0.319 e. The lowest BCUT2D eigenvalue weighted by atomic mass is 10.0. The van der Waals surface area contributed by atoms with Gasteiger partial charge in [-0.05, 0) is 67.3 Å². The Labute approximate surface area is 278 Å². The van der Waals surface area contributed by atoms with E-state index in [1.54, 1.807) is 46.2 Å². The van der Waals surface area contributed by atoms with Crippen molar-refractivity contribution in [2.45, 2.75) is 44.8 Å². The van der Waals surface area contributed by atoms with Crippen LogP contribution >= 0.6 is 0 Å². The number of amides is 6. The zero-order chi connectivity index (χ0) is 33.4. The van der Waals surface area contributed by atoms with Gasteiger partial charge in [0.15, 0.2) is 0 Å². The number of nitrogens with one attached hydrogen (secondary N) is 2. The minimum Gasteiger partial charge on any atom is -0.331 e. The molecule has 3 atom stereocenters. The van der Waals surface area contributed by atoms with Crippen molar-refractivity contribution in [3.63, 3.8) is 0 Å². The van der Waals surface area contributed by atoms with E-state index in [4.69, 9.17) is 0 Å². The van der Waals surface area contributed by atoms with Crippen molar-refractivity contribution in [2.24, 2.45) is 5.92 Å². The number of imide groups is 1. The smallest absolute Gasteiger partial charge is 0.319 e. The Morgan fingerprint density at radius 1 is 0.750 bits per heavy atom. The first kappa shape index (κ1) is 30.9. The molecule has 2 aliphatic heterocycles. The fourth-order valence-electron chi connectivity index (χ4n) is 7.07. The normalized spacial score (nSPS) is 18.9. The number of urea groups is 1. The van der Waals surface area contributed by atoms with Crippen molar-refractivity contribution < 1.29 is 24.0 Å². The van der Waals surface area contributed by atoms with Gasteiger partial charge in [-0.15, -0.1) is 0 Å². The number of fused-ring (bicyclic) bond motifs is 3. The highest BCUT2D eigenvalue weighted by molar-refractivity contribution is 6.23. The number of carbonyl (C=O) groups excluding carboxylic acids is 5. The second-order valence-electron chi connectivity index (χ2n) is 12.5. The zero-order valence-electron chi connectivity index (χ0n) is 26.5. The summed E-state index contributed by atoms with van der Waals surface area (Å²) in [6.45, 7) is 1.77. The molecule has 4 aromatic rings. The van der Waals surface area contributed by atoms with E-state index in [2.05, 4.69) is 10.6 Å². The Hall–Kier alpha value is -5.77. The Balaban J connectivity index is 1.10. The van der Waals surface area contributed by atoms with Gasteiger partial charge in [0.1, 0.15) is 6.54 Å². The summed E-state index contributed by atoms with van der Waals surface area (Å²) in [7, 11) is 0. The zero-order valence-corrected chi connectivity index (χ0v) is 26.5. The Morgan fingerprint density at radius 3 is 2.06 bits per heavy atom. The molecule has 1 aliphatic carbocycles. The quantitative estimate of drug-likeness (QED) is 0.243. The van der Waals surface area contributed by atoms with Gasteiger partial charge in [0, 0.05) is 11.7 Å². The number of hydrogen-bond donors (Lipinski definition) is 2. The fourth-order valence-corrected chi connectivity index (χ4v) is 7.07. The minimum absolute atomic E-state index is 0.0718. The minimum atomic E-state index is -0.492. The molecule has 6 amide bonds. The van der Waals surface area contributed by atoms with Crippen molar-refractivity contribution in [2.75, 3.05) is 21.7 Å². The van der Waals surface area contributed by atoms with Gasteiger partial charge in [-0.3, -0.25) is 24.1 Å². The molecule has 1 saturated carbocycles. The Kier molecular flexibility index (Phi) is 8.22. The molecule has 0 bridgehead atoms. The van der Waals surface area contributed by atoms with E-state index in [0.29, 0.717) is 29.9 Å². The third-order valence-corrected chi connectivity index (χ3v) is 9.47. The van der Waals surface area contributed by atoms with E-state index < -0.39 is 36.2 Å². The molecule has 0 saturated heterocycles. The van der Waals surface area contributed by atoms with Gasteiger partial charge in [-0.25, -0.2) is 4.79 Å². The fraction of sp³-hybridized carbons (Fsp3) is 0.237. The van der Waals surface area contributed by atoms with Crippen molar-refractivity contribution >= 4 is 46.7 Å². The van der Waals surface area contributed by atoms with Crippen molar-refractivity contribution in [1.82, 2.24) is 10.2 Å². The lowest BCUT2D eigenvalue weighted by Crippen LogP contribution is -2.49. The standard InChI is InChI=1S/C38H35N5O5/c1-24(26-10-3-2-4-11-26)39-38(48)40-27-20-18-25(19-21-27)22-41-32-15-7-8-16-33(32)43(31-17-9-14-30(31)37(41)47)34(44)23-42-35(45)28-12-5-6-13-29(28)36(42)46/h2-8,10-13,15-16,18-21,24,30-31H,9,14,17,22-23H2,1H3,(H2,39,40,48)/t24-,30-,31+/m0/s1. The Bertz CT molecular complexity index is 1880. The van der Waals surface area contributed by atoms with Gasteiger partial charge in [-0.1, -0.05) is 73.2 Å². The summed E-state index contributed by atoms with van der Waals surface area (Å²) in [6.07, 6.45) is 2.04. The van der Waals surface area contributed by atoms with E-state index in [-0.39, 0.29) is 35.7 Å². The number of para-hydroxylation sites is 2. The molecule has 7 rings (SSSR count). The van der Waals surface area contributed by atoms with Crippen molar-refractivity contribution in [1.29, 1.82) is 0 Å². The molecule has 2 N–H and O–H groups in total. The van der Waals surface area contributed by atoms with Gasteiger partial charge in [0.25, 0.3) is 11.8 Å². The number of hydrogen-bond acceptors (Lipinski definition) is 5. The third kappa shape index (κ3) is 5.70. The third-order valence-electron chi connectivity index (χ3n) is 9.47. The summed E-state index contributed by atoms with van der Waals surface area (Å²) < 4.78 is 0. The van der Waals surface area contributed by atoms with Crippen LogP contribution in [0.5, 0.6) is 0 Å². The molecule has 4 aromatic carbocycles. The number of anilines is 3. The lowest BCUT2D eigenvalue weighted by Gasteiger charge is -2.31. The van der Waals surface area contributed by atoms with Crippen LogP contribution in [0.2, 0.25) is 0 Å². The van der Waals surface area contributed by atoms with Crippen LogP contribution in [0.1, 0.15) is 64.1 Å². The molecule has 0 radical (unpaired) electrons. The molecule has 2 heterocycles. The molecular weight excluding hydrogens is 606 g/mol. The molecule has 0 aromatic heterocycles. The van der Waals surface area contributed by atoms with Gasteiger partial charge < -0.3 is 20.4 Å². The van der Waals surface area contributed by atoms with Crippen molar-refractivity contribution in [3.05, 3.63) is 125 Å². The second kappa shape index (κ2) is 12.8. The first-order valence-electron chi connectivity index (χ1n) is 16.2. The first-order chi connectivity index (χ1) is 23.3. The van der Waals surface area contributed by atoms with E-state index >= 15 is 0 Å². The average Bonchev–Trinajstić information content (AvgIpc) is 3.65. The number of carbonyl (C=O) groups is 5. The molecule has 10 nitrogen and oxygen atoms in total. The van der Waals surface area contributed by atoms with E-state index in [1.807, 2.05) is 73.7 Å². The SMILES string of the molecule is C[C@H](NC(=O)Nc1ccc(CN2C(=O)[C@H]3CCC[C@H]3N(C(=O)CN3C(=O)c4ccccc4C3=O)c3ccccc32)cc1)c1ccccc1. The number of nitrogens with zero attached hydrogens (tertiary/aromatic N) is 3. The largest absolute Gasteiger partial charge is 0.331 e. The van der Waals surface area contributed by atoms with Gasteiger partial charge in [0.2, 0.25) is 11.8 Å². The highest BCUT2D eigenvalue weighted by Crippen LogP contribution is 2.43. The monoisotopic (exact) mass is 641 g/mol. The molecule has 10 heteroatoms. The van der Waals surface area contributed by atoms with E-state index in [1.165, 1.54) is 0 Å². The summed E-state index contributed by atoms with van der Waals surface area (Å²) in [5.41, 5.74) is 4.19. The molecule has 242 valence electrons. The second-order valence-corrected chi connectivity index (χ2v) is 12.5. The van der Waals surface area contributed by atoms with Crippen LogP contribution in [0.3, 0.4) is 0 Å². The summed E-state index contributed by atoms with van der Waals surface area (Å²) in [5, 5.41) is 5.81. The van der Waals surface area contributed by atoms with Crippen LogP contribution in [0.25, 0.3) is 0 Å². The van der Waals surface area contributed by atoms with Crippen LogP contribution in [0, 0.1) is 5.92 Å². The number of benzene rings is 4. The Morgan fingerprint density at radius 2 is 1.38 bits per heavy atom. The van der Waals surface area contributed by atoms with Crippen LogP contribution in [0.4, 0.5) is 21.9 Å². The molecule has 0 unspecified atom stereocenters. The predicted molar refractivity (Wildman–Crippen MR) is 182 cm³/mol. The molecule has 3 aliphatic rings. The highest BCUT2D eigenvalue weighted by Gasteiger charge is 2.47. The van der Waals surface area contributed by atoms with Gasteiger partial charge >= 0.3 is 6.03 Å². The summed E-state index contributed by atoms with van der Waals surface area (Å²) >= 11 is 0. The van der Waals surface area contributed by atoms with Gasteiger partial charge in [-0.2, -0.15) is 0 Å². The van der Waals surface area contributed by atoms with Crippen LogP contribution in [-0.4, -0.2) is 47.1 Å². The molecule has 0 spiro atoms. The van der Waals surface area contributed by atoms with Crippen LogP contribution in [-0.2, 0) is 16.1 Å². The lowest BCUT2D eigenvalue weighted by molar-refractivity contribution is -0.123. The van der Waals surface area contributed by atoms with Crippen LogP contribution in [0.15, 0.2) is 103 Å². The maximum absolute atomic E-state index is 14.2. The van der Waals surface area contributed by atoms with E-state index in [9.17, 15) is 24.0 Å². The predicted octanol–water partition coefficient (Wildman–Crippen LogP) is 5.91. The summed E-state index contributed by atoms with van der Waals surface area (Å²) in [4.78, 5) is 71.6. The first-order valence-corrected chi connectivity index (χ1v) is 16.2. The topological polar surface area (TPSA) is 119 Å². The highest BCUT2D eigenvalue weighted by atomic mass is 16.2. The summed E-state index contributed by atoms with van der Waals surface area (Å²) in [5.74, 6) is -1.89. The molecule has 48 heavy (non-hydrogen) atoms. The molecular formula is C38H35N5O5. The van der Waals surface area contributed by atoms with Crippen LogP contribution < -0.4 is 20.4 Å². The summed E-state index contributed by atoms with van der Waals surface area (Å²) in [6, 6.07) is 30.0. The van der Waals surface area contributed by atoms with E-state index in [0.717, 1.165) is 22.4 Å². The van der Waals surface area contributed by atoms with Crippen molar-refractivity contribution in [3.8, 4) is 0 Å². The molecule has 1 fully saturated rings. The maximum atomic E-state index is 14.2. The number of rotatable bonds is 7. The average molecular weight is 642 g/mol.